The van der Waals surface area contributed by atoms with Gasteiger partial charge in [-0.05, 0) is 36.1 Å². The number of anilines is 2. The smallest absolute Gasteiger partial charge is 0.224 e. The largest absolute Gasteiger partial charge is 0.326 e. The van der Waals surface area contributed by atoms with Crippen LogP contribution in [0.25, 0.3) is 0 Å². The van der Waals surface area contributed by atoms with Crippen LogP contribution in [0.5, 0.6) is 0 Å². The molecule has 0 spiro atoms. The second-order valence-electron chi connectivity index (χ2n) is 5.06. The number of carbonyl (C=O) groups excluding carboxylic acids is 3. The summed E-state index contributed by atoms with van der Waals surface area (Å²) in [4.78, 5) is 35.5. The van der Waals surface area contributed by atoms with E-state index in [9.17, 15) is 14.4 Å². The van der Waals surface area contributed by atoms with E-state index in [2.05, 4.69) is 10.6 Å². The van der Waals surface area contributed by atoms with Gasteiger partial charge in [0.1, 0.15) is 0 Å². The molecule has 0 aliphatic rings. The van der Waals surface area contributed by atoms with Crippen LogP contribution in [-0.2, 0) is 9.59 Å². The number of nitrogens with one attached hydrogen (secondary N) is 2. The van der Waals surface area contributed by atoms with E-state index in [1.54, 1.807) is 30.3 Å². The van der Waals surface area contributed by atoms with Crippen LogP contribution in [0, 0.1) is 0 Å². The van der Waals surface area contributed by atoms with Crippen molar-refractivity contribution < 1.29 is 14.4 Å². The Labute approximate surface area is 138 Å². The highest BCUT2D eigenvalue weighted by Gasteiger charge is 2.09. The van der Waals surface area contributed by atoms with Gasteiger partial charge in [0.05, 0.1) is 4.88 Å². The fraction of sp³-hybridized carbons (Fsp3) is 0.235. The van der Waals surface area contributed by atoms with E-state index in [-0.39, 0.29) is 24.0 Å². The third-order valence-electron chi connectivity index (χ3n) is 3.07. The Morgan fingerprint density at radius 3 is 2.39 bits per heavy atom. The first kappa shape index (κ1) is 16.9. The van der Waals surface area contributed by atoms with Gasteiger partial charge in [-0.1, -0.05) is 12.1 Å². The van der Waals surface area contributed by atoms with E-state index in [1.165, 1.54) is 18.3 Å². The van der Waals surface area contributed by atoms with Crippen LogP contribution in [0.3, 0.4) is 0 Å². The SMILES string of the molecule is CC(=O)Nc1cccc(NC(=O)CCCC(=O)c2cccs2)c1. The summed E-state index contributed by atoms with van der Waals surface area (Å²) in [5, 5.41) is 7.29. The normalized spacial score (nSPS) is 10.1. The number of carbonyl (C=O) groups is 3. The Kier molecular flexibility index (Phi) is 6.05. The number of Topliss-reactive ketones (excluding diaryl/α,β-unsaturated/α-hetero) is 1. The third-order valence-corrected chi connectivity index (χ3v) is 3.98. The zero-order chi connectivity index (χ0) is 16.7. The second-order valence-corrected chi connectivity index (χ2v) is 6.01. The Morgan fingerprint density at radius 1 is 1.00 bits per heavy atom. The quantitative estimate of drug-likeness (QED) is 0.760. The summed E-state index contributed by atoms with van der Waals surface area (Å²) in [5.74, 6) is -0.245. The van der Waals surface area contributed by atoms with Gasteiger partial charge in [0, 0.05) is 31.1 Å². The lowest BCUT2D eigenvalue weighted by Gasteiger charge is -2.07. The zero-order valence-electron chi connectivity index (χ0n) is 12.8. The van der Waals surface area contributed by atoms with Gasteiger partial charge in [0.25, 0.3) is 0 Å². The molecule has 0 fully saturated rings. The molecule has 120 valence electrons. The maximum absolute atomic E-state index is 11.9. The van der Waals surface area contributed by atoms with Gasteiger partial charge in [0.15, 0.2) is 5.78 Å². The number of benzene rings is 1. The van der Waals surface area contributed by atoms with Gasteiger partial charge < -0.3 is 10.6 Å². The first-order valence-electron chi connectivity index (χ1n) is 7.29. The summed E-state index contributed by atoms with van der Waals surface area (Å²) in [7, 11) is 0. The summed E-state index contributed by atoms with van der Waals surface area (Å²) >= 11 is 1.41. The molecule has 2 rings (SSSR count). The number of rotatable bonds is 7. The molecular weight excluding hydrogens is 312 g/mol. The minimum Gasteiger partial charge on any atom is -0.326 e. The molecule has 0 unspecified atom stereocenters. The Morgan fingerprint density at radius 2 is 1.74 bits per heavy atom. The minimum atomic E-state index is -0.166. The molecule has 0 aliphatic heterocycles. The summed E-state index contributed by atoms with van der Waals surface area (Å²) in [5.41, 5.74) is 1.24. The molecule has 1 heterocycles. The molecule has 2 N–H and O–H groups in total. The van der Waals surface area contributed by atoms with E-state index in [1.807, 2.05) is 11.4 Å². The number of hydrogen-bond donors (Lipinski definition) is 2. The second kappa shape index (κ2) is 8.24. The highest BCUT2D eigenvalue weighted by Crippen LogP contribution is 2.16. The predicted molar refractivity (Wildman–Crippen MR) is 91.9 cm³/mol. The molecule has 0 saturated carbocycles. The predicted octanol–water partition coefficient (Wildman–Crippen LogP) is 3.70. The van der Waals surface area contributed by atoms with Crippen LogP contribution < -0.4 is 10.6 Å². The Hall–Kier alpha value is -2.47. The number of thiophene rings is 1. The van der Waals surface area contributed by atoms with Crippen LogP contribution in [0.2, 0.25) is 0 Å². The number of amides is 2. The van der Waals surface area contributed by atoms with Crippen molar-refractivity contribution in [3.05, 3.63) is 46.7 Å². The van der Waals surface area contributed by atoms with Gasteiger partial charge >= 0.3 is 0 Å². The van der Waals surface area contributed by atoms with Gasteiger partial charge in [-0.25, -0.2) is 0 Å². The van der Waals surface area contributed by atoms with Crippen molar-refractivity contribution in [3.63, 3.8) is 0 Å². The van der Waals surface area contributed by atoms with E-state index in [0.29, 0.717) is 24.2 Å². The molecule has 1 aromatic heterocycles. The molecule has 0 atom stereocenters. The minimum absolute atomic E-state index is 0.0699. The summed E-state index contributed by atoms with van der Waals surface area (Å²) in [6.45, 7) is 1.43. The first-order chi connectivity index (χ1) is 11.0. The van der Waals surface area contributed by atoms with Crippen molar-refractivity contribution in [1.82, 2.24) is 0 Å². The number of ketones is 1. The molecule has 2 amide bonds. The van der Waals surface area contributed by atoms with E-state index < -0.39 is 0 Å². The molecule has 0 radical (unpaired) electrons. The molecule has 23 heavy (non-hydrogen) atoms. The van der Waals surface area contributed by atoms with Crippen molar-refractivity contribution >= 4 is 40.3 Å². The van der Waals surface area contributed by atoms with Gasteiger partial charge in [-0.15, -0.1) is 11.3 Å². The molecule has 0 bridgehead atoms. The van der Waals surface area contributed by atoms with Crippen LogP contribution >= 0.6 is 11.3 Å². The topological polar surface area (TPSA) is 75.3 Å². The standard InChI is InChI=1S/C17H18N2O3S/c1-12(20)18-13-5-2-6-14(11-13)19-17(22)9-3-7-15(21)16-8-4-10-23-16/h2,4-6,8,10-11H,3,7,9H2,1H3,(H,18,20)(H,19,22). The van der Waals surface area contributed by atoms with Gasteiger partial charge in [-0.3, -0.25) is 14.4 Å². The van der Waals surface area contributed by atoms with Crippen LogP contribution in [0.15, 0.2) is 41.8 Å². The lowest BCUT2D eigenvalue weighted by atomic mass is 10.1. The summed E-state index contributed by atoms with van der Waals surface area (Å²) < 4.78 is 0. The van der Waals surface area contributed by atoms with E-state index in [0.717, 1.165) is 4.88 Å². The monoisotopic (exact) mass is 330 g/mol. The lowest BCUT2D eigenvalue weighted by molar-refractivity contribution is -0.116. The van der Waals surface area contributed by atoms with Gasteiger partial charge in [-0.2, -0.15) is 0 Å². The molecule has 2 aromatic rings. The third kappa shape index (κ3) is 5.67. The first-order valence-corrected chi connectivity index (χ1v) is 8.17. The average molecular weight is 330 g/mol. The van der Waals surface area contributed by atoms with Crippen molar-refractivity contribution in [3.8, 4) is 0 Å². The molecule has 0 saturated heterocycles. The maximum Gasteiger partial charge on any atom is 0.224 e. The lowest BCUT2D eigenvalue weighted by Crippen LogP contribution is -2.12. The zero-order valence-corrected chi connectivity index (χ0v) is 13.6. The molecule has 6 heteroatoms. The van der Waals surface area contributed by atoms with Gasteiger partial charge in [0.2, 0.25) is 11.8 Å². The highest BCUT2D eigenvalue weighted by molar-refractivity contribution is 7.12. The maximum atomic E-state index is 11.9. The average Bonchev–Trinajstić information content (AvgIpc) is 3.01. The molecule has 1 aromatic carbocycles. The molecular formula is C17H18N2O3S. The van der Waals surface area contributed by atoms with Crippen molar-refractivity contribution in [2.45, 2.75) is 26.2 Å². The van der Waals surface area contributed by atoms with Crippen molar-refractivity contribution in [2.75, 3.05) is 10.6 Å². The van der Waals surface area contributed by atoms with Crippen LogP contribution in [-0.4, -0.2) is 17.6 Å². The fourth-order valence-electron chi connectivity index (χ4n) is 2.07. The summed E-state index contributed by atoms with van der Waals surface area (Å²) in [6, 6.07) is 10.6. The van der Waals surface area contributed by atoms with E-state index >= 15 is 0 Å². The van der Waals surface area contributed by atoms with Crippen LogP contribution in [0.1, 0.15) is 35.9 Å². The summed E-state index contributed by atoms with van der Waals surface area (Å²) in [6.07, 6.45) is 1.15. The number of hydrogen-bond acceptors (Lipinski definition) is 4. The fourth-order valence-corrected chi connectivity index (χ4v) is 2.77. The van der Waals surface area contributed by atoms with Crippen molar-refractivity contribution in [2.24, 2.45) is 0 Å². The molecule has 5 nitrogen and oxygen atoms in total. The Bertz CT molecular complexity index is 696. The highest BCUT2D eigenvalue weighted by atomic mass is 32.1. The Balaban J connectivity index is 1.78. The molecule has 0 aliphatic carbocycles. The van der Waals surface area contributed by atoms with Crippen LogP contribution in [0.4, 0.5) is 11.4 Å². The van der Waals surface area contributed by atoms with E-state index in [4.69, 9.17) is 0 Å². The van der Waals surface area contributed by atoms with Crippen molar-refractivity contribution in [1.29, 1.82) is 0 Å².